The summed E-state index contributed by atoms with van der Waals surface area (Å²) in [7, 11) is -3.02. The molecule has 0 bridgehead atoms. The van der Waals surface area contributed by atoms with Crippen molar-refractivity contribution >= 4 is 31.8 Å². The lowest BCUT2D eigenvalue weighted by atomic mass is 9.95. The highest BCUT2D eigenvalue weighted by Gasteiger charge is 2.46. The number of nitrogens with zero attached hydrogens (tertiary/aromatic N) is 2. The minimum absolute atomic E-state index is 0.337. The summed E-state index contributed by atoms with van der Waals surface area (Å²) in [5, 5.41) is 8.84. The molecule has 0 spiro atoms. The first-order chi connectivity index (χ1) is 17.9. The highest BCUT2D eigenvalue weighted by molar-refractivity contribution is 7.87. The largest absolute Gasteiger partial charge is 0.523 e. The summed E-state index contributed by atoms with van der Waals surface area (Å²) in [4.78, 5) is 0. The van der Waals surface area contributed by atoms with Gasteiger partial charge in [0.05, 0.1) is 29.1 Å². The third kappa shape index (κ3) is 4.13. The number of H-pyrrole nitrogens is 1. The Hall–Kier alpha value is -4.10. The molecule has 7 nitrogen and oxygen atoms in total. The van der Waals surface area contributed by atoms with Crippen molar-refractivity contribution in [2.45, 2.75) is 5.51 Å². The van der Waals surface area contributed by atoms with Crippen LogP contribution in [0.15, 0.2) is 60.8 Å². The minimum atomic E-state index is -5.34. The van der Waals surface area contributed by atoms with Gasteiger partial charge in [0.1, 0.15) is 30.2 Å². The summed E-state index contributed by atoms with van der Waals surface area (Å²) in [6.07, 6.45) is 1.63. The molecule has 0 aliphatic carbocycles. The van der Waals surface area contributed by atoms with Gasteiger partial charge in [-0.3, -0.25) is 9.28 Å². The van der Waals surface area contributed by atoms with Crippen LogP contribution in [0.3, 0.4) is 0 Å². The molecule has 1 N–H and O–H groups in total. The van der Waals surface area contributed by atoms with Crippen LogP contribution in [0.25, 0.3) is 44.2 Å². The Morgan fingerprint density at radius 3 is 2.39 bits per heavy atom. The summed E-state index contributed by atoms with van der Waals surface area (Å²) in [6.45, 7) is 0. The first-order valence-corrected chi connectivity index (χ1v) is 12.3. The molecule has 2 aromatic heterocycles. The Bertz CT molecular complexity index is 1820. The SMILES string of the molecule is COS(=O)(=O)C(F)(F)F.C[n+]1c2c3c(cccc3c3c(F)cc(-c4ccn[nH]4)cc31)Oc1ccc(F)cc1-2. The van der Waals surface area contributed by atoms with Crippen LogP contribution in [0, 0.1) is 11.6 Å². The highest BCUT2D eigenvalue weighted by atomic mass is 32.2. The second-order valence-electron chi connectivity index (χ2n) is 8.22. The van der Waals surface area contributed by atoms with Gasteiger partial charge in [-0.05, 0) is 36.4 Å². The predicted molar refractivity (Wildman–Crippen MR) is 128 cm³/mol. The number of hydrogen-bond acceptors (Lipinski definition) is 5. The standard InChI is InChI=1S/C23H13F2N3O.C2H3F3O3S/c1-28-18-10-12(17-7-8-26-27-17)9-16(25)21(18)14-3-2-4-20-22(14)23(28)15-11-13(24)5-6-19(15)29-20;1-8-9(6,7)2(3,4)5/h2-11H,1H3;1H3/p+1. The van der Waals surface area contributed by atoms with E-state index in [2.05, 4.69) is 14.4 Å². The number of rotatable bonds is 2. The van der Waals surface area contributed by atoms with Crippen LogP contribution in [-0.2, 0) is 21.3 Å². The smallest absolute Gasteiger partial charge is 0.456 e. The fourth-order valence-corrected chi connectivity index (χ4v) is 4.55. The van der Waals surface area contributed by atoms with Crippen LogP contribution < -0.4 is 9.30 Å². The maximum Gasteiger partial charge on any atom is 0.523 e. The first-order valence-electron chi connectivity index (χ1n) is 10.9. The molecule has 1 aliphatic heterocycles. The number of fused-ring (bicyclic) bond motifs is 4. The number of ether oxygens (including phenoxy) is 1. The van der Waals surface area contributed by atoms with Crippen molar-refractivity contribution < 1.29 is 43.9 Å². The van der Waals surface area contributed by atoms with E-state index in [1.165, 1.54) is 18.2 Å². The number of alkyl halides is 3. The van der Waals surface area contributed by atoms with Crippen molar-refractivity contribution in [3.05, 3.63) is 72.4 Å². The van der Waals surface area contributed by atoms with Crippen molar-refractivity contribution in [2.24, 2.45) is 7.05 Å². The molecule has 196 valence electrons. The van der Waals surface area contributed by atoms with E-state index >= 15 is 4.39 Å². The van der Waals surface area contributed by atoms with Gasteiger partial charge in [-0.15, -0.1) is 0 Å². The average molecular weight is 550 g/mol. The van der Waals surface area contributed by atoms with Crippen molar-refractivity contribution in [1.29, 1.82) is 0 Å². The number of aromatic amines is 1. The Kier molecular flexibility index (Phi) is 6.07. The molecule has 0 fully saturated rings. The quantitative estimate of drug-likeness (QED) is 0.0977. The van der Waals surface area contributed by atoms with Gasteiger partial charge in [0.15, 0.2) is 0 Å². The molecule has 3 heterocycles. The number of pyridine rings is 1. The third-order valence-corrected chi connectivity index (χ3v) is 7.04. The van der Waals surface area contributed by atoms with Gasteiger partial charge in [-0.25, -0.2) is 8.78 Å². The van der Waals surface area contributed by atoms with E-state index in [1.807, 2.05) is 35.9 Å². The van der Waals surface area contributed by atoms with Gasteiger partial charge in [-0.1, -0.05) is 12.1 Å². The van der Waals surface area contributed by atoms with Crippen molar-refractivity contribution in [3.8, 4) is 34.0 Å². The summed E-state index contributed by atoms with van der Waals surface area (Å²) < 4.78 is 93.2. The zero-order chi connectivity index (χ0) is 27.4. The summed E-state index contributed by atoms with van der Waals surface area (Å²) >= 11 is 0. The van der Waals surface area contributed by atoms with E-state index in [-0.39, 0.29) is 11.6 Å². The maximum atomic E-state index is 15.3. The number of halogens is 5. The lowest BCUT2D eigenvalue weighted by molar-refractivity contribution is -0.632. The molecular weight excluding hydrogens is 533 g/mol. The predicted octanol–water partition coefficient (Wildman–Crippen LogP) is 5.74. The van der Waals surface area contributed by atoms with E-state index in [0.29, 0.717) is 40.6 Å². The molecule has 0 saturated heterocycles. The Labute approximate surface area is 212 Å². The molecule has 5 aromatic rings. The van der Waals surface area contributed by atoms with Crippen molar-refractivity contribution in [3.63, 3.8) is 0 Å². The van der Waals surface area contributed by atoms with Crippen LogP contribution in [0.5, 0.6) is 11.5 Å². The molecule has 0 radical (unpaired) electrons. The molecule has 0 saturated carbocycles. The zero-order valence-corrected chi connectivity index (χ0v) is 20.4. The van der Waals surface area contributed by atoms with E-state index < -0.39 is 15.6 Å². The number of aryl methyl sites for hydroxylation is 1. The average Bonchev–Trinajstić information content (AvgIpc) is 3.41. The number of nitrogens with one attached hydrogen (secondary N) is 1. The van der Waals surface area contributed by atoms with Gasteiger partial charge < -0.3 is 4.74 Å². The van der Waals surface area contributed by atoms with Crippen molar-refractivity contribution in [2.75, 3.05) is 7.11 Å². The van der Waals surface area contributed by atoms with Gasteiger partial charge in [0, 0.05) is 23.2 Å². The van der Waals surface area contributed by atoms with E-state index in [0.717, 1.165) is 22.2 Å². The Morgan fingerprint density at radius 1 is 1.00 bits per heavy atom. The summed E-state index contributed by atoms with van der Waals surface area (Å²) in [5.74, 6) is 0.520. The van der Waals surface area contributed by atoms with Crippen LogP contribution in [-0.4, -0.2) is 31.2 Å². The maximum absolute atomic E-state index is 15.3. The number of benzene rings is 3. The molecule has 0 amide bonds. The Balaban J connectivity index is 0.000000284. The molecule has 1 aliphatic rings. The first kappa shape index (κ1) is 25.5. The monoisotopic (exact) mass is 550 g/mol. The number of aromatic nitrogens is 3. The third-order valence-electron chi connectivity index (χ3n) is 6.03. The molecule has 6 rings (SSSR count). The van der Waals surface area contributed by atoms with E-state index in [9.17, 15) is 26.0 Å². The highest BCUT2D eigenvalue weighted by Crippen LogP contribution is 2.47. The second-order valence-corrected chi connectivity index (χ2v) is 9.92. The van der Waals surface area contributed by atoms with Crippen LogP contribution in [0.4, 0.5) is 22.0 Å². The molecular formula is C25H17F5N3O4S+. The normalized spacial score (nSPS) is 12.6. The van der Waals surface area contributed by atoms with Crippen LogP contribution in [0.2, 0.25) is 0 Å². The van der Waals surface area contributed by atoms with Crippen LogP contribution in [0.1, 0.15) is 0 Å². The van der Waals surface area contributed by atoms with Crippen molar-refractivity contribution in [1.82, 2.24) is 10.2 Å². The topological polar surface area (TPSA) is 85.2 Å². The Morgan fingerprint density at radius 2 is 1.76 bits per heavy atom. The van der Waals surface area contributed by atoms with Gasteiger partial charge in [0.2, 0.25) is 11.2 Å². The molecule has 3 aromatic carbocycles. The summed E-state index contributed by atoms with van der Waals surface area (Å²) in [6, 6.07) is 15.2. The van der Waals surface area contributed by atoms with E-state index in [4.69, 9.17) is 4.74 Å². The van der Waals surface area contributed by atoms with E-state index in [1.54, 1.807) is 18.3 Å². The fraction of sp³-hybridized carbons (Fsp3) is 0.120. The zero-order valence-electron chi connectivity index (χ0n) is 19.6. The van der Waals surface area contributed by atoms with Gasteiger partial charge in [-0.2, -0.15) is 31.3 Å². The number of hydrogen-bond donors (Lipinski definition) is 1. The lowest BCUT2D eigenvalue weighted by Crippen LogP contribution is -2.33. The minimum Gasteiger partial charge on any atom is -0.456 e. The fourth-order valence-electron chi connectivity index (χ4n) is 4.36. The van der Waals surface area contributed by atoms with Gasteiger partial charge >= 0.3 is 15.6 Å². The molecule has 38 heavy (non-hydrogen) atoms. The van der Waals surface area contributed by atoms with Crippen LogP contribution >= 0.6 is 0 Å². The molecule has 0 atom stereocenters. The summed E-state index contributed by atoms with van der Waals surface area (Å²) in [5.41, 5.74) is -1.75. The lowest BCUT2D eigenvalue weighted by Gasteiger charge is -2.20. The van der Waals surface area contributed by atoms with Gasteiger partial charge in [0.25, 0.3) is 0 Å². The second kappa shape index (κ2) is 9.03. The molecule has 13 heteroatoms. The molecule has 0 unspecified atom stereocenters.